The zero-order valence-electron chi connectivity index (χ0n) is 21.0. The lowest BCUT2D eigenvalue weighted by atomic mass is 9.82. The Balaban J connectivity index is 1.08. The molecule has 1 aliphatic carbocycles. The first-order valence-electron chi connectivity index (χ1n) is 12.8. The number of anilines is 1. The quantitative estimate of drug-likeness (QED) is 0.191. The van der Waals surface area contributed by atoms with E-state index in [-0.39, 0.29) is 22.2 Å². The van der Waals surface area contributed by atoms with Crippen LogP contribution < -0.4 is 10.1 Å². The van der Waals surface area contributed by atoms with Crippen LogP contribution >= 0.6 is 20.7 Å². The van der Waals surface area contributed by atoms with Crippen molar-refractivity contribution >= 4 is 43.8 Å². The molecule has 1 amide bonds. The minimum atomic E-state index is -0.0241. The molecule has 0 spiro atoms. The van der Waals surface area contributed by atoms with E-state index in [1.165, 1.54) is 20.7 Å². The lowest BCUT2D eigenvalue weighted by Crippen LogP contribution is -2.20. The van der Waals surface area contributed by atoms with Gasteiger partial charge in [-0.3, -0.25) is 19.2 Å². The first-order valence-corrected chi connectivity index (χ1v) is 15.0. The number of benzene rings is 2. The second-order valence-corrected chi connectivity index (χ2v) is 11.6. The van der Waals surface area contributed by atoms with Crippen molar-refractivity contribution in [3.05, 3.63) is 86.4 Å². The van der Waals surface area contributed by atoms with E-state index in [4.69, 9.17) is 0 Å². The van der Waals surface area contributed by atoms with Crippen LogP contribution in [0.4, 0.5) is 5.69 Å². The molecule has 0 unspecified atom stereocenters. The number of fused-ring (bicyclic) bond motifs is 1. The van der Waals surface area contributed by atoms with Crippen molar-refractivity contribution in [2.75, 3.05) is 5.32 Å². The van der Waals surface area contributed by atoms with E-state index in [0.717, 1.165) is 61.1 Å². The summed E-state index contributed by atoms with van der Waals surface area (Å²) in [7, 11) is 2.69. The van der Waals surface area contributed by atoms with Gasteiger partial charge in [-0.25, -0.2) is 0 Å². The Bertz CT molecular complexity index is 1360. The van der Waals surface area contributed by atoms with Crippen LogP contribution in [0.15, 0.2) is 70.5 Å². The Morgan fingerprint density at radius 2 is 1.38 bits per heavy atom. The smallest absolute Gasteiger partial charge is 0.243 e. The first kappa shape index (κ1) is 26.9. The molecule has 0 aliphatic heterocycles. The summed E-state index contributed by atoms with van der Waals surface area (Å²) in [4.78, 5) is 49.9. The van der Waals surface area contributed by atoms with Crippen molar-refractivity contribution in [1.82, 2.24) is 0 Å². The molecular weight excluding hydrogens is 502 g/mol. The normalized spacial score (nSPS) is 13.1. The Kier molecular flexibility index (Phi) is 9.36. The SMILES string of the molecule is CC1=C(CCCCCCCCCC(=O)Nc2ccc(-c3cc(=O)ss3)cc2)C(=O)c2ccccc2C1=O. The van der Waals surface area contributed by atoms with Crippen LogP contribution in [-0.2, 0) is 4.79 Å². The van der Waals surface area contributed by atoms with E-state index in [1.807, 2.05) is 30.3 Å². The number of nitrogens with one attached hydrogen (secondary N) is 1. The Morgan fingerprint density at radius 1 is 0.757 bits per heavy atom. The van der Waals surface area contributed by atoms with Crippen LogP contribution in [0.2, 0.25) is 0 Å². The van der Waals surface area contributed by atoms with Crippen LogP contribution in [-0.4, -0.2) is 17.5 Å². The number of carbonyl (C=O) groups excluding carboxylic acids is 3. The van der Waals surface area contributed by atoms with Gasteiger partial charge in [-0.1, -0.05) is 78.8 Å². The summed E-state index contributed by atoms with van der Waals surface area (Å²) in [5.74, 6) is -0.00322. The summed E-state index contributed by atoms with van der Waals surface area (Å²) in [6.07, 6.45) is 8.22. The molecule has 2 aromatic carbocycles. The third-order valence-corrected chi connectivity index (χ3v) is 8.91. The molecule has 7 heteroatoms. The van der Waals surface area contributed by atoms with Crippen molar-refractivity contribution in [2.45, 2.75) is 64.7 Å². The fourth-order valence-electron chi connectivity index (χ4n) is 4.64. The van der Waals surface area contributed by atoms with E-state index in [2.05, 4.69) is 5.32 Å². The van der Waals surface area contributed by atoms with Crippen molar-refractivity contribution in [3.8, 4) is 10.4 Å². The Labute approximate surface area is 224 Å². The van der Waals surface area contributed by atoms with E-state index >= 15 is 0 Å². The van der Waals surface area contributed by atoms with E-state index in [9.17, 15) is 19.2 Å². The minimum absolute atomic E-state index is 0.00252. The van der Waals surface area contributed by atoms with Crippen molar-refractivity contribution in [1.29, 1.82) is 0 Å². The van der Waals surface area contributed by atoms with Crippen LogP contribution in [0.3, 0.4) is 0 Å². The number of amides is 1. The first-order chi connectivity index (χ1) is 17.9. The van der Waals surface area contributed by atoms with Gasteiger partial charge in [0.15, 0.2) is 11.6 Å². The maximum atomic E-state index is 12.8. The fourth-order valence-corrected chi connectivity index (χ4v) is 6.53. The topological polar surface area (TPSA) is 80.3 Å². The van der Waals surface area contributed by atoms with Gasteiger partial charge < -0.3 is 5.32 Å². The van der Waals surface area contributed by atoms with E-state index < -0.39 is 0 Å². The van der Waals surface area contributed by atoms with Gasteiger partial charge in [0.25, 0.3) is 0 Å². The molecule has 1 heterocycles. The van der Waals surface area contributed by atoms with Crippen LogP contribution in [0.25, 0.3) is 10.4 Å². The van der Waals surface area contributed by atoms with Gasteiger partial charge >= 0.3 is 0 Å². The fraction of sp³-hybridized carbons (Fsp3) is 0.333. The van der Waals surface area contributed by atoms with E-state index in [0.29, 0.717) is 35.1 Å². The maximum Gasteiger partial charge on any atom is 0.243 e. The second kappa shape index (κ2) is 12.9. The molecule has 4 rings (SSSR count). The zero-order chi connectivity index (χ0) is 26.2. The summed E-state index contributed by atoms with van der Waals surface area (Å²) >= 11 is 0. The van der Waals surface area contributed by atoms with Gasteiger partial charge in [0, 0.05) is 45.3 Å². The molecule has 0 atom stereocenters. The highest BCUT2D eigenvalue weighted by Gasteiger charge is 2.28. The number of hydrogen-bond donors (Lipinski definition) is 1. The third-order valence-electron chi connectivity index (χ3n) is 6.73. The largest absolute Gasteiger partial charge is 0.326 e. The van der Waals surface area contributed by atoms with Crippen molar-refractivity contribution < 1.29 is 14.4 Å². The third kappa shape index (κ3) is 6.99. The van der Waals surface area contributed by atoms with Crippen LogP contribution in [0.5, 0.6) is 0 Å². The number of carbonyl (C=O) groups is 3. The highest BCUT2D eigenvalue weighted by molar-refractivity contribution is 7.69. The number of Topliss-reactive ketones (excluding diaryl/α,β-unsaturated/α-hetero) is 2. The van der Waals surface area contributed by atoms with Gasteiger partial charge in [0.1, 0.15) is 0 Å². The molecule has 1 aromatic heterocycles. The predicted molar refractivity (Wildman–Crippen MR) is 152 cm³/mol. The highest BCUT2D eigenvalue weighted by atomic mass is 32.9. The molecule has 192 valence electrons. The van der Waals surface area contributed by atoms with Gasteiger partial charge in [-0.2, -0.15) is 0 Å². The summed E-state index contributed by atoms with van der Waals surface area (Å²) in [5.41, 5.74) is 4.08. The average molecular weight is 534 g/mol. The number of rotatable bonds is 12. The van der Waals surface area contributed by atoms with E-state index in [1.54, 1.807) is 31.2 Å². The molecule has 0 saturated heterocycles. The lowest BCUT2D eigenvalue weighted by molar-refractivity contribution is -0.116. The zero-order valence-corrected chi connectivity index (χ0v) is 22.6. The Morgan fingerprint density at radius 3 is 2.03 bits per heavy atom. The number of ketones is 2. The predicted octanol–water partition coefficient (Wildman–Crippen LogP) is 7.68. The molecular formula is C30H31NO4S2. The molecule has 1 aliphatic rings. The molecule has 0 fully saturated rings. The summed E-state index contributed by atoms with van der Waals surface area (Å²) in [6, 6.07) is 16.3. The molecule has 0 saturated carbocycles. The lowest BCUT2D eigenvalue weighted by Gasteiger charge is -2.18. The number of hydrogen-bond acceptors (Lipinski definition) is 6. The van der Waals surface area contributed by atoms with Crippen molar-refractivity contribution in [3.63, 3.8) is 0 Å². The standard InChI is InChI=1S/C30H31NO4S2/c1-20-23(30(35)25-13-10-9-12-24(25)29(20)34)11-7-5-3-2-4-6-8-14-27(32)31-22-17-15-21(16-18-22)26-19-28(33)37-36-26/h9-10,12-13,15-19H,2-8,11,14H2,1H3,(H,31,32). The molecule has 5 nitrogen and oxygen atoms in total. The van der Waals surface area contributed by atoms with Crippen molar-refractivity contribution in [2.24, 2.45) is 0 Å². The van der Waals surface area contributed by atoms with Gasteiger partial charge in [0.05, 0.1) is 0 Å². The average Bonchev–Trinajstić information content (AvgIpc) is 3.34. The van der Waals surface area contributed by atoms with Crippen LogP contribution in [0, 0.1) is 0 Å². The van der Waals surface area contributed by atoms with Gasteiger partial charge in [0.2, 0.25) is 10.6 Å². The summed E-state index contributed by atoms with van der Waals surface area (Å²) in [6.45, 7) is 1.77. The highest BCUT2D eigenvalue weighted by Crippen LogP contribution is 2.29. The molecule has 0 radical (unpaired) electrons. The summed E-state index contributed by atoms with van der Waals surface area (Å²) in [5, 5.41) is 2.94. The molecule has 0 bridgehead atoms. The molecule has 1 N–H and O–H groups in total. The minimum Gasteiger partial charge on any atom is -0.326 e. The number of allylic oxidation sites excluding steroid dienone is 2. The second-order valence-electron chi connectivity index (χ2n) is 9.40. The molecule has 37 heavy (non-hydrogen) atoms. The summed E-state index contributed by atoms with van der Waals surface area (Å²) < 4.78 is 0.0604. The van der Waals surface area contributed by atoms with Gasteiger partial charge in [-0.05, 0) is 54.2 Å². The number of unbranched alkanes of at least 4 members (excludes halogenated alkanes) is 6. The molecule has 3 aromatic rings. The van der Waals surface area contributed by atoms with Crippen LogP contribution in [0.1, 0.15) is 85.4 Å². The monoisotopic (exact) mass is 533 g/mol. The van der Waals surface area contributed by atoms with Gasteiger partial charge in [-0.15, -0.1) is 0 Å². The maximum absolute atomic E-state index is 12.8. The Hall–Kier alpha value is -3.16.